The van der Waals surface area contributed by atoms with Gasteiger partial charge in [-0.05, 0) is 37.4 Å². The number of nitrogens with two attached hydrogens (primary N) is 1. The quantitative estimate of drug-likeness (QED) is 0.828. The molecule has 2 N–H and O–H groups in total. The minimum Gasteiger partial charge on any atom is -0.365 e. The van der Waals surface area contributed by atoms with E-state index in [4.69, 9.17) is 10.5 Å². The van der Waals surface area contributed by atoms with Gasteiger partial charge in [0.2, 0.25) is 0 Å². The predicted molar refractivity (Wildman–Crippen MR) is 74.1 cm³/mol. The van der Waals surface area contributed by atoms with Gasteiger partial charge in [0.25, 0.3) is 0 Å². The van der Waals surface area contributed by atoms with Crippen molar-refractivity contribution < 1.29 is 4.74 Å². The van der Waals surface area contributed by atoms with Gasteiger partial charge in [0.15, 0.2) is 0 Å². The third-order valence-corrected chi connectivity index (χ3v) is 3.52. The molecule has 96 valence electrons. The Bertz CT molecular complexity index is 404. The number of hydrogen-bond acceptors (Lipinski definition) is 2. The highest BCUT2D eigenvalue weighted by molar-refractivity contribution is 5.33. The zero-order chi connectivity index (χ0) is 12.6. The Morgan fingerprint density at radius 3 is 2.72 bits per heavy atom. The summed E-state index contributed by atoms with van der Waals surface area (Å²) in [5.74, 6) is 6.72. The van der Waals surface area contributed by atoms with E-state index >= 15 is 0 Å². The van der Waals surface area contributed by atoms with E-state index in [-0.39, 0.29) is 0 Å². The Kier molecular flexibility index (Phi) is 5.26. The smallest absolute Gasteiger partial charge is 0.108 e. The van der Waals surface area contributed by atoms with Gasteiger partial charge in [-0.25, -0.2) is 0 Å². The summed E-state index contributed by atoms with van der Waals surface area (Å²) in [5, 5.41) is 0. The molecule has 1 aromatic rings. The summed E-state index contributed by atoms with van der Waals surface area (Å²) in [4.78, 5) is 0. The first kappa shape index (κ1) is 13.1. The first-order valence-corrected chi connectivity index (χ1v) is 6.75. The van der Waals surface area contributed by atoms with Crippen LogP contribution >= 0.6 is 0 Å². The Morgan fingerprint density at radius 2 is 1.94 bits per heavy atom. The Morgan fingerprint density at radius 1 is 1.17 bits per heavy atom. The van der Waals surface area contributed by atoms with Crippen LogP contribution in [0.25, 0.3) is 0 Å². The highest BCUT2D eigenvalue weighted by Gasteiger charge is 2.23. The molecule has 0 aliphatic heterocycles. The molecule has 1 saturated carbocycles. The van der Waals surface area contributed by atoms with Crippen LogP contribution < -0.4 is 5.73 Å². The van der Waals surface area contributed by atoms with Crippen molar-refractivity contribution in [3.63, 3.8) is 0 Å². The lowest BCUT2D eigenvalue weighted by Gasteiger charge is -2.29. The summed E-state index contributed by atoms with van der Waals surface area (Å²) in [6.45, 7) is 1.24. The van der Waals surface area contributed by atoms with Crippen molar-refractivity contribution in [2.45, 2.75) is 31.8 Å². The standard InChI is InChI=1S/C16H21NO/c17-13-15-10-4-5-11-16(15)18-12-6-9-14-7-2-1-3-8-14/h1-3,7-8,15-16H,4-5,10-13,17H2. The number of benzene rings is 1. The average Bonchev–Trinajstić information content (AvgIpc) is 2.45. The van der Waals surface area contributed by atoms with Gasteiger partial charge in [0, 0.05) is 5.56 Å². The van der Waals surface area contributed by atoms with E-state index in [1.54, 1.807) is 0 Å². The average molecular weight is 243 g/mol. The summed E-state index contributed by atoms with van der Waals surface area (Å²) >= 11 is 0. The Hall–Kier alpha value is -1.30. The minimum atomic E-state index is 0.314. The van der Waals surface area contributed by atoms with Gasteiger partial charge in [-0.3, -0.25) is 0 Å². The molecule has 1 aromatic carbocycles. The lowest BCUT2D eigenvalue weighted by molar-refractivity contribution is 0.00958. The molecule has 18 heavy (non-hydrogen) atoms. The zero-order valence-electron chi connectivity index (χ0n) is 10.8. The molecule has 0 saturated heterocycles. The van der Waals surface area contributed by atoms with Crippen LogP contribution in [0.3, 0.4) is 0 Å². The van der Waals surface area contributed by atoms with Crippen LogP contribution in [-0.2, 0) is 4.74 Å². The molecule has 1 aliphatic carbocycles. The number of rotatable bonds is 3. The first-order valence-electron chi connectivity index (χ1n) is 6.75. The second kappa shape index (κ2) is 7.20. The molecule has 0 heterocycles. The van der Waals surface area contributed by atoms with Crippen LogP contribution in [0.2, 0.25) is 0 Å². The van der Waals surface area contributed by atoms with E-state index in [0.717, 1.165) is 18.5 Å². The second-order valence-electron chi connectivity index (χ2n) is 4.80. The van der Waals surface area contributed by atoms with Crippen molar-refractivity contribution in [3.8, 4) is 11.8 Å². The van der Waals surface area contributed by atoms with Gasteiger partial charge in [-0.1, -0.05) is 42.9 Å². The normalized spacial score (nSPS) is 23.2. The number of ether oxygens (including phenoxy) is 1. The lowest BCUT2D eigenvalue weighted by Crippen LogP contribution is -2.33. The molecule has 2 rings (SSSR count). The predicted octanol–water partition coefficient (Wildman–Crippen LogP) is 2.57. The second-order valence-corrected chi connectivity index (χ2v) is 4.80. The summed E-state index contributed by atoms with van der Waals surface area (Å²) in [6.07, 6.45) is 5.20. The van der Waals surface area contributed by atoms with Crippen LogP contribution in [0, 0.1) is 17.8 Å². The fourth-order valence-corrected chi connectivity index (χ4v) is 2.47. The topological polar surface area (TPSA) is 35.2 Å². The molecule has 2 heteroatoms. The van der Waals surface area contributed by atoms with E-state index in [1.807, 2.05) is 30.3 Å². The monoisotopic (exact) mass is 243 g/mol. The van der Waals surface area contributed by atoms with Crippen molar-refractivity contribution in [2.75, 3.05) is 13.2 Å². The summed E-state index contributed by atoms with van der Waals surface area (Å²) < 4.78 is 5.85. The summed E-state index contributed by atoms with van der Waals surface area (Å²) in [7, 11) is 0. The van der Waals surface area contributed by atoms with Crippen molar-refractivity contribution in [3.05, 3.63) is 35.9 Å². The van der Waals surface area contributed by atoms with Gasteiger partial charge in [-0.2, -0.15) is 0 Å². The van der Waals surface area contributed by atoms with Crippen LogP contribution in [0.1, 0.15) is 31.2 Å². The van der Waals surface area contributed by atoms with E-state index in [9.17, 15) is 0 Å². The van der Waals surface area contributed by atoms with Gasteiger partial charge < -0.3 is 10.5 Å². The minimum absolute atomic E-state index is 0.314. The third-order valence-electron chi connectivity index (χ3n) is 3.52. The molecular weight excluding hydrogens is 222 g/mol. The van der Waals surface area contributed by atoms with Gasteiger partial charge >= 0.3 is 0 Å². The fraction of sp³-hybridized carbons (Fsp3) is 0.500. The third kappa shape index (κ3) is 3.87. The van der Waals surface area contributed by atoms with Crippen molar-refractivity contribution in [2.24, 2.45) is 11.7 Å². The van der Waals surface area contributed by atoms with Crippen LogP contribution in [0.5, 0.6) is 0 Å². The summed E-state index contributed by atoms with van der Waals surface area (Å²) in [6, 6.07) is 10.0. The highest BCUT2D eigenvalue weighted by Crippen LogP contribution is 2.25. The van der Waals surface area contributed by atoms with E-state index < -0.39 is 0 Å². The van der Waals surface area contributed by atoms with E-state index in [2.05, 4.69) is 11.8 Å². The van der Waals surface area contributed by atoms with Crippen LogP contribution in [0.15, 0.2) is 30.3 Å². The van der Waals surface area contributed by atoms with Crippen molar-refractivity contribution in [1.82, 2.24) is 0 Å². The van der Waals surface area contributed by atoms with E-state index in [1.165, 1.54) is 19.3 Å². The van der Waals surface area contributed by atoms with Gasteiger partial charge in [-0.15, -0.1) is 0 Å². The highest BCUT2D eigenvalue weighted by atomic mass is 16.5. The Labute approximate surface area is 110 Å². The first-order chi connectivity index (χ1) is 8.90. The maximum absolute atomic E-state index is 5.85. The molecule has 0 bridgehead atoms. The molecule has 1 fully saturated rings. The lowest BCUT2D eigenvalue weighted by atomic mass is 9.86. The van der Waals surface area contributed by atoms with E-state index in [0.29, 0.717) is 18.6 Å². The molecule has 0 amide bonds. The van der Waals surface area contributed by atoms with Gasteiger partial charge in [0.1, 0.15) is 6.61 Å². The largest absolute Gasteiger partial charge is 0.365 e. The SMILES string of the molecule is NCC1CCCCC1OCC#Cc1ccccc1. The molecule has 0 radical (unpaired) electrons. The molecule has 0 aromatic heterocycles. The Balaban J connectivity index is 1.79. The van der Waals surface area contributed by atoms with Gasteiger partial charge in [0.05, 0.1) is 6.10 Å². The molecule has 2 nitrogen and oxygen atoms in total. The maximum Gasteiger partial charge on any atom is 0.108 e. The van der Waals surface area contributed by atoms with Crippen LogP contribution in [-0.4, -0.2) is 19.3 Å². The van der Waals surface area contributed by atoms with Crippen molar-refractivity contribution >= 4 is 0 Å². The molecular formula is C16H21NO. The number of hydrogen-bond donors (Lipinski definition) is 1. The fourth-order valence-electron chi connectivity index (χ4n) is 2.47. The maximum atomic E-state index is 5.85. The van der Waals surface area contributed by atoms with Crippen LogP contribution in [0.4, 0.5) is 0 Å². The molecule has 0 spiro atoms. The van der Waals surface area contributed by atoms with Crippen molar-refractivity contribution in [1.29, 1.82) is 0 Å². The zero-order valence-corrected chi connectivity index (χ0v) is 10.8. The molecule has 1 aliphatic rings. The molecule has 2 unspecified atom stereocenters. The molecule has 2 atom stereocenters. The summed E-state index contributed by atoms with van der Waals surface area (Å²) in [5.41, 5.74) is 6.81.